The first kappa shape index (κ1) is 27.0. The van der Waals surface area contributed by atoms with E-state index in [4.69, 9.17) is 4.52 Å². The van der Waals surface area contributed by atoms with Gasteiger partial charge in [-0.3, -0.25) is 14.7 Å². The molecule has 1 saturated heterocycles. The molecule has 1 aromatic carbocycles. The van der Waals surface area contributed by atoms with Crippen LogP contribution in [0.3, 0.4) is 0 Å². The third-order valence-electron chi connectivity index (χ3n) is 6.79. The summed E-state index contributed by atoms with van der Waals surface area (Å²) in [7, 11) is 0. The van der Waals surface area contributed by atoms with Crippen molar-refractivity contribution in [2.45, 2.75) is 45.1 Å². The van der Waals surface area contributed by atoms with Crippen LogP contribution in [-0.4, -0.2) is 67.7 Å². The maximum atomic E-state index is 15.2. The molecule has 11 nitrogen and oxygen atoms in total. The summed E-state index contributed by atoms with van der Waals surface area (Å²) >= 11 is 0. The van der Waals surface area contributed by atoms with Crippen LogP contribution in [0.4, 0.5) is 10.2 Å². The van der Waals surface area contributed by atoms with Gasteiger partial charge in [-0.1, -0.05) is 44.6 Å². The van der Waals surface area contributed by atoms with E-state index in [1.54, 1.807) is 17.2 Å². The lowest BCUT2D eigenvalue weighted by molar-refractivity contribution is -0.125. The van der Waals surface area contributed by atoms with E-state index in [0.29, 0.717) is 41.6 Å². The van der Waals surface area contributed by atoms with Gasteiger partial charge in [0.1, 0.15) is 5.82 Å². The Bertz CT molecular complexity index is 1570. The average Bonchev–Trinajstić information content (AvgIpc) is 3.69. The summed E-state index contributed by atoms with van der Waals surface area (Å²) in [5, 5.41) is 17.9. The standard InChI is InChI=1S/C28H31FN8O3/c1-5-21(38)37-13-10-18(15-37)32-24-22-19(9-12-30-23(22)34-35-24)17-7-6-16(20(29)14-17)8-11-31-26(39)25-33-27(40-36-25)28(2,3)4/h5-7,9,12,14,18H,1,8,10-11,13,15H2,2-4H3,(H,31,39)(H2,30,32,34,35)/t18-/m1/s1. The van der Waals surface area contributed by atoms with Gasteiger partial charge < -0.3 is 20.1 Å². The van der Waals surface area contributed by atoms with Gasteiger partial charge >= 0.3 is 0 Å². The van der Waals surface area contributed by atoms with Gasteiger partial charge in [-0.25, -0.2) is 9.37 Å². The minimum Gasteiger partial charge on any atom is -0.363 e. The average molecular weight is 547 g/mol. The number of aromatic amines is 1. The zero-order valence-corrected chi connectivity index (χ0v) is 22.6. The van der Waals surface area contributed by atoms with Crippen LogP contribution in [0, 0.1) is 5.82 Å². The molecule has 12 heteroatoms. The maximum Gasteiger partial charge on any atom is 0.292 e. The molecule has 1 atom stereocenters. The molecule has 1 aliphatic heterocycles. The van der Waals surface area contributed by atoms with Crippen molar-refractivity contribution in [2.75, 3.05) is 25.0 Å². The van der Waals surface area contributed by atoms with Crippen molar-refractivity contribution in [3.8, 4) is 11.1 Å². The number of aromatic nitrogens is 5. The fourth-order valence-corrected chi connectivity index (χ4v) is 4.62. The predicted molar refractivity (Wildman–Crippen MR) is 147 cm³/mol. The van der Waals surface area contributed by atoms with Crippen molar-refractivity contribution in [2.24, 2.45) is 0 Å². The Morgan fingerprint density at radius 3 is 2.85 bits per heavy atom. The zero-order valence-electron chi connectivity index (χ0n) is 22.6. The highest BCUT2D eigenvalue weighted by Crippen LogP contribution is 2.33. The normalized spacial score (nSPS) is 15.4. The van der Waals surface area contributed by atoms with Gasteiger partial charge in [0.25, 0.3) is 11.7 Å². The molecule has 1 fully saturated rings. The third-order valence-corrected chi connectivity index (χ3v) is 6.79. The Hall–Kier alpha value is -4.61. The van der Waals surface area contributed by atoms with Crippen molar-refractivity contribution >= 4 is 28.7 Å². The van der Waals surface area contributed by atoms with E-state index in [1.165, 1.54) is 12.1 Å². The Balaban J connectivity index is 1.27. The largest absolute Gasteiger partial charge is 0.363 e. The molecular weight excluding hydrogens is 515 g/mol. The summed E-state index contributed by atoms with van der Waals surface area (Å²) in [6.45, 7) is 10.7. The molecule has 0 unspecified atom stereocenters. The Labute approximate surface area is 230 Å². The van der Waals surface area contributed by atoms with Crippen molar-refractivity contribution in [3.63, 3.8) is 0 Å². The highest BCUT2D eigenvalue weighted by atomic mass is 19.1. The van der Waals surface area contributed by atoms with Gasteiger partial charge in [-0.2, -0.15) is 10.1 Å². The van der Waals surface area contributed by atoms with E-state index in [0.717, 1.165) is 17.4 Å². The number of rotatable bonds is 8. The van der Waals surface area contributed by atoms with Gasteiger partial charge in [0, 0.05) is 37.3 Å². The predicted octanol–water partition coefficient (Wildman–Crippen LogP) is 3.62. The molecule has 40 heavy (non-hydrogen) atoms. The summed E-state index contributed by atoms with van der Waals surface area (Å²) in [6, 6.07) is 6.85. The molecule has 3 aromatic heterocycles. The lowest BCUT2D eigenvalue weighted by Crippen LogP contribution is -2.30. The molecule has 0 aliphatic carbocycles. The number of nitrogens with one attached hydrogen (secondary N) is 3. The Morgan fingerprint density at radius 2 is 2.12 bits per heavy atom. The van der Waals surface area contributed by atoms with Crippen molar-refractivity contribution in [1.82, 2.24) is 35.5 Å². The van der Waals surface area contributed by atoms with Gasteiger partial charge in [-0.05, 0) is 47.7 Å². The quantitative estimate of drug-likeness (QED) is 0.285. The highest BCUT2D eigenvalue weighted by Gasteiger charge is 2.27. The second-order valence-electron chi connectivity index (χ2n) is 10.8. The number of anilines is 1. The number of pyridine rings is 1. The Morgan fingerprint density at radius 1 is 1.30 bits per heavy atom. The first-order valence-corrected chi connectivity index (χ1v) is 13.1. The van der Waals surface area contributed by atoms with Gasteiger partial charge in [0.15, 0.2) is 11.5 Å². The van der Waals surface area contributed by atoms with Crippen LogP contribution in [-0.2, 0) is 16.6 Å². The number of carbonyl (C=O) groups excluding carboxylic acids is 2. The van der Waals surface area contributed by atoms with Crippen LogP contribution in [0.5, 0.6) is 0 Å². The monoisotopic (exact) mass is 546 g/mol. The van der Waals surface area contributed by atoms with Gasteiger partial charge in [-0.15, -0.1) is 0 Å². The minimum absolute atomic E-state index is 0.0188. The first-order chi connectivity index (χ1) is 19.1. The van der Waals surface area contributed by atoms with E-state index < -0.39 is 11.7 Å². The van der Waals surface area contributed by atoms with Gasteiger partial charge in [0.05, 0.1) is 5.39 Å². The fourth-order valence-electron chi connectivity index (χ4n) is 4.62. The highest BCUT2D eigenvalue weighted by molar-refractivity contribution is 6.00. The summed E-state index contributed by atoms with van der Waals surface area (Å²) < 4.78 is 20.3. The van der Waals surface area contributed by atoms with Crippen LogP contribution in [0.2, 0.25) is 0 Å². The number of fused-ring (bicyclic) bond motifs is 1. The molecule has 0 bridgehead atoms. The lowest BCUT2D eigenvalue weighted by atomic mass is 9.97. The molecule has 1 aliphatic rings. The van der Waals surface area contributed by atoms with Crippen molar-refractivity contribution in [3.05, 3.63) is 66.2 Å². The number of amides is 2. The van der Waals surface area contributed by atoms with Crippen LogP contribution < -0.4 is 10.6 Å². The molecule has 2 amide bonds. The first-order valence-electron chi connectivity index (χ1n) is 13.1. The van der Waals surface area contributed by atoms with E-state index in [1.807, 2.05) is 32.9 Å². The van der Waals surface area contributed by atoms with Crippen LogP contribution in [0.25, 0.3) is 22.2 Å². The van der Waals surface area contributed by atoms with Gasteiger partial charge in [0.2, 0.25) is 11.8 Å². The minimum atomic E-state index is -0.477. The molecular formula is C28H31FN8O3. The molecule has 208 valence electrons. The second-order valence-corrected chi connectivity index (χ2v) is 10.8. The number of hydrogen-bond acceptors (Lipinski definition) is 8. The van der Waals surface area contributed by atoms with Crippen LogP contribution in [0.15, 0.2) is 47.6 Å². The topological polar surface area (TPSA) is 142 Å². The van der Waals surface area contributed by atoms with Crippen molar-refractivity contribution < 1.29 is 18.5 Å². The van der Waals surface area contributed by atoms with E-state index >= 15 is 4.39 Å². The van der Waals surface area contributed by atoms with Crippen molar-refractivity contribution in [1.29, 1.82) is 0 Å². The third kappa shape index (κ3) is 5.56. The summed E-state index contributed by atoms with van der Waals surface area (Å²) in [5.41, 5.74) is 2.09. The van der Waals surface area contributed by atoms with E-state index in [-0.39, 0.29) is 36.2 Å². The molecule has 0 saturated carbocycles. The molecule has 0 radical (unpaired) electrons. The lowest BCUT2D eigenvalue weighted by Gasteiger charge is -2.15. The van der Waals surface area contributed by atoms with E-state index in [9.17, 15) is 9.59 Å². The number of halogens is 1. The number of H-pyrrole nitrogens is 1. The molecule has 4 aromatic rings. The summed E-state index contributed by atoms with van der Waals surface area (Å²) in [4.78, 5) is 34.6. The van der Waals surface area contributed by atoms with Crippen LogP contribution in [0.1, 0.15) is 49.3 Å². The van der Waals surface area contributed by atoms with Crippen LogP contribution >= 0.6 is 0 Å². The smallest absolute Gasteiger partial charge is 0.292 e. The summed E-state index contributed by atoms with van der Waals surface area (Å²) in [6.07, 6.45) is 4.02. The maximum absolute atomic E-state index is 15.2. The summed E-state index contributed by atoms with van der Waals surface area (Å²) in [5.74, 6) is -0.0520. The number of nitrogens with zero attached hydrogens (tertiary/aromatic N) is 5. The number of carbonyl (C=O) groups is 2. The Kier molecular flexibility index (Phi) is 7.33. The molecule has 5 rings (SSSR count). The second kappa shape index (κ2) is 10.9. The molecule has 0 spiro atoms. The molecule has 4 heterocycles. The number of likely N-dealkylation sites (tertiary alicyclic amines) is 1. The van der Waals surface area contributed by atoms with E-state index in [2.05, 4.69) is 42.5 Å². The fraction of sp³-hybridized carbons (Fsp3) is 0.357. The molecule has 3 N–H and O–H groups in total. The SMILES string of the molecule is C=CC(=O)N1CC[C@@H](Nc2n[nH]c3nccc(-c4ccc(CCNC(=O)c5noc(C(C)(C)C)n5)c(F)c4)c23)C1. The number of benzene rings is 1. The zero-order chi connectivity index (χ0) is 28.4. The number of hydrogen-bond donors (Lipinski definition) is 3.